The molecule has 0 unspecified atom stereocenters. The average Bonchev–Trinajstić information content (AvgIpc) is 2.23. The van der Waals surface area contributed by atoms with Gasteiger partial charge in [-0.25, -0.2) is 0 Å². The molecule has 0 heterocycles. The first kappa shape index (κ1) is 17.9. The third kappa shape index (κ3) is 13.9. The summed E-state index contributed by atoms with van der Waals surface area (Å²) in [5, 5.41) is 0. The second-order valence-corrected chi connectivity index (χ2v) is 1.71. The largest absolute Gasteiger partial charge is 0.497 e. The summed E-state index contributed by atoms with van der Waals surface area (Å²) in [5.74, 6) is 0.690. The molecule has 0 saturated carbocycles. The van der Waals surface area contributed by atoms with Crippen LogP contribution >= 0.6 is 0 Å². The van der Waals surface area contributed by atoms with Crippen molar-refractivity contribution in [1.29, 1.82) is 0 Å². The van der Waals surface area contributed by atoms with Crippen LogP contribution in [0.3, 0.4) is 0 Å². The van der Waals surface area contributed by atoms with Gasteiger partial charge in [0.05, 0.1) is 7.11 Å². The van der Waals surface area contributed by atoms with Gasteiger partial charge >= 0.3 is 0 Å². The maximum Gasteiger partial charge on any atom is 0.114 e. The molecule has 0 aromatic carbocycles. The second kappa shape index (κ2) is 17.2. The van der Waals surface area contributed by atoms with Crippen LogP contribution in [0.4, 0.5) is 0 Å². The smallest absolute Gasteiger partial charge is 0.114 e. The van der Waals surface area contributed by atoms with Crippen LogP contribution in [-0.2, 0) is 4.74 Å². The Morgan fingerprint density at radius 3 is 1.77 bits per heavy atom. The van der Waals surface area contributed by atoms with Gasteiger partial charge in [0.2, 0.25) is 0 Å². The molecule has 0 atom stereocenters. The minimum absolute atomic E-state index is 0.690. The molecule has 78 valence electrons. The standard InChI is InChI=1S/C8H12O.2C2H6/c1-5-6-7(2)8(3)9-4;2*1-2/h5-6H,1,3H2,2,4H3;2*1-2H3/b7-6-;;. The maximum atomic E-state index is 4.85. The lowest BCUT2D eigenvalue weighted by atomic mass is 10.2. The molecular formula is C12H24O. The van der Waals surface area contributed by atoms with Crippen LogP contribution in [0.1, 0.15) is 34.6 Å². The predicted molar refractivity (Wildman–Crippen MR) is 62.8 cm³/mol. The van der Waals surface area contributed by atoms with Gasteiger partial charge in [0.25, 0.3) is 0 Å². The molecule has 0 spiro atoms. The number of allylic oxidation sites excluding steroid dienone is 3. The predicted octanol–water partition coefficient (Wildman–Crippen LogP) is 4.33. The van der Waals surface area contributed by atoms with E-state index in [0.717, 1.165) is 5.57 Å². The summed E-state index contributed by atoms with van der Waals surface area (Å²) in [6.07, 6.45) is 3.56. The Labute approximate surface area is 83.8 Å². The first-order valence-corrected chi connectivity index (χ1v) is 4.75. The van der Waals surface area contributed by atoms with Gasteiger partial charge in [0, 0.05) is 0 Å². The van der Waals surface area contributed by atoms with E-state index in [1.807, 2.05) is 40.7 Å². The van der Waals surface area contributed by atoms with Gasteiger partial charge in [0.1, 0.15) is 5.76 Å². The van der Waals surface area contributed by atoms with Gasteiger partial charge in [-0.1, -0.05) is 53.0 Å². The lowest BCUT2D eigenvalue weighted by molar-refractivity contribution is 0.303. The Kier molecular flexibility index (Phi) is 23.7. The van der Waals surface area contributed by atoms with Crippen molar-refractivity contribution in [2.75, 3.05) is 7.11 Å². The monoisotopic (exact) mass is 184 g/mol. The summed E-state index contributed by atoms with van der Waals surface area (Å²) in [4.78, 5) is 0. The molecule has 0 aliphatic rings. The van der Waals surface area contributed by atoms with E-state index in [2.05, 4.69) is 13.2 Å². The van der Waals surface area contributed by atoms with Crippen molar-refractivity contribution in [3.63, 3.8) is 0 Å². The maximum absolute atomic E-state index is 4.85. The van der Waals surface area contributed by atoms with Crippen molar-refractivity contribution in [1.82, 2.24) is 0 Å². The highest BCUT2D eigenvalue weighted by atomic mass is 16.5. The SMILES string of the molecule is C=C/C=C(/C)C(=C)OC.CC.CC. The van der Waals surface area contributed by atoms with Crippen molar-refractivity contribution in [3.05, 3.63) is 36.6 Å². The highest BCUT2D eigenvalue weighted by Gasteiger charge is 1.90. The zero-order valence-electron chi connectivity index (χ0n) is 9.98. The Morgan fingerprint density at radius 1 is 1.15 bits per heavy atom. The van der Waals surface area contributed by atoms with Crippen LogP contribution in [0, 0.1) is 0 Å². The van der Waals surface area contributed by atoms with Crippen LogP contribution < -0.4 is 0 Å². The molecule has 0 radical (unpaired) electrons. The Bertz CT molecular complexity index is 143. The molecule has 0 aromatic rings. The van der Waals surface area contributed by atoms with E-state index < -0.39 is 0 Å². The molecule has 0 saturated heterocycles. The summed E-state index contributed by atoms with van der Waals surface area (Å²) in [5.41, 5.74) is 1.01. The van der Waals surface area contributed by atoms with Crippen molar-refractivity contribution in [2.24, 2.45) is 0 Å². The molecule has 0 amide bonds. The fraction of sp³-hybridized carbons (Fsp3) is 0.500. The zero-order valence-corrected chi connectivity index (χ0v) is 9.98. The Balaban J connectivity index is -0.000000218. The van der Waals surface area contributed by atoms with Crippen molar-refractivity contribution in [2.45, 2.75) is 34.6 Å². The average molecular weight is 184 g/mol. The first-order chi connectivity index (χ1) is 6.22. The van der Waals surface area contributed by atoms with Gasteiger partial charge < -0.3 is 4.74 Å². The van der Waals surface area contributed by atoms with E-state index >= 15 is 0 Å². The fourth-order valence-electron chi connectivity index (χ4n) is 0.431. The summed E-state index contributed by atoms with van der Waals surface area (Å²) in [6, 6.07) is 0. The minimum Gasteiger partial charge on any atom is -0.497 e. The zero-order chi connectivity index (χ0) is 11.3. The van der Waals surface area contributed by atoms with Gasteiger partial charge in [-0.3, -0.25) is 0 Å². The van der Waals surface area contributed by atoms with Crippen LogP contribution in [0.15, 0.2) is 36.6 Å². The molecule has 1 nitrogen and oxygen atoms in total. The molecule has 0 aromatic heterocycles. The van der Waals surface area contributed by atoms with Gasteiger partial charge in [0.15, 0.2) is 0 Å². The van der Waals surface area contributed by atoms with Crippen molar-refractivity contribution < 1.29 is 4.74 Å². The molecule has 0 aliphatic heterocycles. The van der Waals surface area contributed by atoms with Gasteiger partial charge in [-0.15, -0.1) is 0 Å². The normalized spacial score (nSPS) is 8.31. The molecule has 0 rings (SSSR count). The van der Waals surface area contributed by atoms with Crippen LogP contribution in [0.5, 0.6) is 0 Å². The summed E-state index contributed by atoms with van der Waals surface area (Å²) < 4.78 is 4.85. The molecule has 1 heteroatoms. The Morgan fingerprint density at radius 2 is 1.54 bits per heavy atom. The molecule has 0 bridgehead atoms. The lowest BCUT2D eigenvalue weighted by Crippen LogP contribution is -1.84. The number of methoxy groups -OCH3 is 1. The highest BCUT2D eigenvalue weighted by molar-refractivity contribution is 5.24. The number of hydrogen-bond acceptors (Lipinski definition) is 1. The Hall–Kier alpha value is -0.980. The second-order valence-electron chi connectivity index (χ2n) is 1.71. The molecular weight excluding hydrogens is 160 g/mol. The van der Waals surface area contributed by atoms with Crippen molar-refractivity contribution >= 4 is 0 Å². The van der Waals surface area contributed by atoms with Crippen LogP contribution in [0.2, 0.25) is 0 Å². The third-order valence-electron chi connectivity index (χ3n) is 1.05. The van der Waals surface area contributed by atoms with E-state index in [1.54, 1.807) is 13.2 Å². The summed E-state index contributed by atoms with van der Waals surface area (Å²) in [7, 11) is 1.60. The van der Waals surface area contributed by atoms with Gasteiger partial charge in [-0.2, -0.15) is 0 Å². The fourth-order valence-corrected chi connectivity index (χ4v) is 0.431. The van der Waals surface area contributed by atoms with E-state index in [-0.39, 0.29) is 0 Å². The molecule has 0 fully saturated rings. The van der Waals surface area contributed by atoms with E-state index in [9.17, 15) is 0 Å². The van der Waals surface area contributed by atoms with Crippen LogP contribution in [-0.4, -0.2) is 7.11 Å². The molecule has 0 N–H and O–H groups in total. The van der Waals surface area contributed by atoms with Crippen molar-refractivity contribution in [3.8, 4) is 0 Å². The topological polar surface area (TPSA) is 9.23 Å². The van der Waals surface area contributed by atoms with E-state index in [0.29, 0.717) is 5.76 Å². The molecule has 13 heavy (non-hydrogen) atoms. The number of rotatable bonds is 3. The summed E-state index contributed by atoms with van der Waals surface area (Å²) >= 11 is 0. The first-order valence-electron chi connectivity index (χ1n) is 4.75. The van der Waals surface area contributed by atoms with Crippen LogP contribution in [0.25, 0.3) is 0 Å². The quantitative estimate of drug-likeness (QED) is 0.468. The number of hydrogen-bond donors (Lipinski definition) is 0. The summed E-state index contributed by atoms with van der Waals surface area (Å²) in [6.45, 7) is 17.1. The minimum atomic E-state index is 0.690. The lowest BCUT2D eigenvalue weighted by Gasteiger charge is -2.01. The number of ether oxygens (including phenoxy) is 1. The third-order valence-corrected chi connectivity index (χ3v) is 1.05. The van der Waals surface area contributed by atoms with Gasteiger partial charge in [-0.05, 0) is 12.5 Å². The van der Waals surface area contributed by atoms with E-state index in [4.69, 9.17) is 4.74 Å². The van der Waals surface area contributed by atoms with E-state index in [1.165, 1.54) is 0 Å². The highest BCUT2D eigenvalue weighted by Crippen LogP contribution is 2.05. The molecule has 0 aliphatic carbocycles.